The van der Waals surface area contributed by atoms with Gasteiger partial charge in [-0.15, -0.1) is 0 Å². The van der Waals surface area contributed by atoms with Crippen molar-refractivity contribution < 1.29 is 0 Å². The van der Waals surface area contributed by atoms with E-state index in [0.717, 1.165) is 23.4 Å². The van der Waals surface area contributed by atoms with E-state index in [1.54, 1.807) is 0 Å². The average Bonchev–Trinajstić information content (AvgIpc) is 2.83. The zero-order chi connectivity index (χ0) is 13.0. The van der Waals surface area contributed by atoms with E-state index in [1.807, 2.05) is 18.5 Å². The summed E-state index contributed by atoms with van der Waals surface area (Å²) < 4.78 is 3.27. The molecule has 2 aromatic rings. The first-order valence-electron chi connectivity index (χ1n) is 6.19. The number of rotatable bonds is 5. The molecule has 0 fully saturated rings. The summed E-state index contributed by atoms with van der Waals surface area (Å²) in [4.78, 5) is 4.36. The van der Waals surface area contributed by atoms with Gasteiger partial charge in [0.05, 0.1) is 6.54 Å². The van der Waals surface area contributed by atoms with Crippen LogP contribution in [0.2, 0.25) is 0 Å². The van der Waals surface area contributed by atoms with Gasteiger partial charge in [0.1, 0.15) is 5.82 Å². The highest BCUT2D eigenvalue weighted by Crippen LogP contribution is 2.18. The number of hydrogen-bond donors (Lipinski definition) is 1. The van der Waals surface area contributed by atoms with E-state index in [1.165, 1.54) is 5.56 Å². The molecule has 1 heterocycles. The Bertz CT molecular complexity index is 507. The van der Waals surface area contributed by atoms with Gasteiger partial charge in [-0.2, -0.15) is 0 Å². The van der Waals surface area contributed by atoms with E-state index < -0.39 is 0 Å². The molecule has 0 saturated heterocycles. The van der Waals surface area contributed by atoms with Crippen LogP contribution >= 0.6 is 15.9 Å². The van der Waals surface area contributed by atoms with Crippen LogP contribution in [0.4, 0.5) is 0 Å². The zero-order valence-corrected chi connectivity index (χ0v) is 12.3. The smallest absolute Gasteiger partial charge is 0.122 e. The van der Waals surface area contributed by atoms with E-state index in [0.29, 0.717) is 6.04 Å². The number of nitrogens with one attached hydrogen (secondary N) is 1. The summed E-state index contributed by atoms with van der Waals surface area (Å²) in [5.74, 6) is 1.08. The second-order valence-corrected chi connectivity index (χ2v) is 5.20. The van der Waals surface area contributed by atoms with Crippen molar-refractivity contribution in [1.82, 2.24) is 14.9 Å². The molecule has 1 N–H and O–H groups in total. The molecule has 1 atom stereocenters. The molecule has 0 aliphatic rings. The molecular weight excluding hydrogens is 290 g/mol. The van der Waals surface area contributed by atoms with Gasteiger partial charge in [-0.05, 0) is 31.5 Å². The summed E-state index contributed by atoms with van der Waals surface area (Å²) in [6.07, 6.45) is 3.87. The molecule has 0 spiro atoms. The number of benzene rings is 1. The summed E-state index contributed by atoms with van der Waals surface area (Å²) in [6, 6.07) is 8.69. The molecule has 96 valence electrons. The van der Waals surface area contributed by atoms with Gasteiger partial charge >= 0.3 is 0 Å². The maximum atomic E-state index is 4.36. The first-order chi connectivity index (χ1) is 8.70. The molecular formula is C14H18BrN3. The number of halogens is 1. The normalized spacial score (nSPS) is 12.6. The Morgan fingerprint density at radius 3 is 3.00 bits per heavy atom. The molecule has 1 aromatic carbocycles. The van der Waals surface area contributed by atoms with Crippen LogP contribution in [0.5, 0.6) is 0 Å². The SMILES string of the molecule is CCn1ccnc1CN[C@@H](C)c1cccc(Br)c1. The van der Waals surface area contributed by atoms with Crippen LogP contribution in [0.3, 0.4) is 0 Å². The summed E-state index contributed by atoms with van der Waals surface area (Å²) in [7, 11) is 0. The first-order valence-corrected chi connectivity index (χ1v) is 6.99. The number of aryl methyl sites for hydroxylation is 1. The fourth-order valence-electron chi connectivity index (χ4n) is 1.93. The molecule has 4 heteroatoms. The fourth-order valence-corrected chi connectivity index (χ4v) is 2.35. The van der Waals surface area contributed by atoms with Crippen LogP contribution in [0.25, 0.3) is 0 Å². The van der Waals surface area contributed by atoms with Crippen LogP contribution in [0.1, 0.15) is 31.3 Å². The molecule has 0 aliphatic heterocycles. The van der Waals surface area contributed by atoms with Crippen molar-refractivity contribution in [3.8, 4) is 0 Å². The zero-order valence-electron chi connectivity index (χ0n) is 10.7. The van der Waals surface area contributed by atoms with E-state index in [2.05, 4.69) is 62.8 Å². The lowest BCUT2D eigenvalue weighted by molar-refractivity contribution is 0.540. The minimum Gasteiger partial charge on any atom is -0.334 e. The van der Waals surface area contributed by atoms with Crippen molar-refractivity contribution in [2.45, 2.75) is 33.0 Å². The predicted molar refractivity (Wildman–Crippen MR) is 77.3 cm³/mol. The summed E-state index contributed by atoms with van der Waals surface area (Å²) in [5.41, 5.74) is 1.28. The van der Waals surface area contributed by atoms with Gasteiger partial charge in [0.2, 0.25) is 0 Å². The highest BCUT2D eigenvalue weighted by atomic mass is 79.9. The average molecular weight is 308 g/mol. The van der Waals surface area contributed by atoms with Gasteiger partial charge in [0.25, 0.3) is 0 Å². The largest absolute Gasteiger partial charge is 0.334 e. The van der Waals surface area contributed by atoms with Crippen molar-refractivity contribution in [3.05, 3.63) is 52.5 Å². The van der Waals surface area contributed by atoms with Gasteiger partial charge in [-0.3, -0.25) is 0 Å². The molecule has 0 saturated carbocycles. The van der Waals surface area contributed by atoms with Crippen molar-refractivity contribution in [2.75, 3.05) is 0 Å². The Balaban J connectivity index is 1.98. The molecule has 3 nitrogen and oxygen atoms in total. The molecule has 0 amide bonds. The van der Waals surface area contributed by atoms with Crippen LogP contribution in [-0.2, 0) is 13.1 Å². The molecule has 2 rings (SSSR count). The number of nitrogens with zero attached hydrogens (tertiary/aromatic N) is 2. The quantitative estimate of drug-likeness (QED) is 0.916. The number of imidazole rings is 1. The predicted octanol–water partition coefficient (Wildman–Crippen LogP) is 3.52. The maximum absolute atomic E-state index is 4.36. The summed E-state index contributed by atoms with van der Waals surface area (Å²) >= 11 is 3.50. The van der Waals surface area contributed by atoms with E-state index in [-0.39, 0.29) is 0 Å². The summed E-state index contributed by atoms with van der Waals surface area (Å²) in [5, 5.41) is 3.50. The monoisotopic (exact) mass is 307 g/mol. The molecule has 1 aromatic heterocycles. The molecule has 18 heavy (non-hydrogen) atoms. The molecule has 0 unspecified atom stereocenters. The minimum absolute atomic E-state index is 0.310. The van der Waals surface area contributed by atoms with Crippen molar-refractivity contribution in [1.29, 1.82) is 0 Å². The fraction of sp³-hybridized carbons (Fsp3) is 0.357. The topological polar surface area (TPSA) is 29.9 Å². The highest BCUT2D eigenvalue weighted by molar-refractivity contribution is 9.10. The molecule has 0 bridgehead atoms. The van der Waals surface area contributed by atoms with Gasteiger partial charge in [0.15, 0.2) is 0 Å². The third kappa shape index (κ3) is 3.21. The third-order valence-corrected chi connectivity index (χ3v) is 3.55. The Labute approximate surface area is 116 Å². The molecule has 0 aliphatic carbocycles. The number of hydrogen-bond acceptors (Lipinski definition) is 2. The van der Waals surface area contributed by atoms with E-state index >= 15 is 0 Å². The lowest BCUT2D eigenvalue weighted by Gasteiger charge is -2.14. The van der Waals surface area contributed by atoms with Crippen molar-refractivity contribution >= 4 is 15.9 Å². The first kappa shape index (κ1) is 13.3. The Morgan fingerprint density at radius 2 is 2.28 bits per heavy atom. The third-order valence-electron chi connectivity index (χ3n) is 3.06. The van der Waals surface area contributed by atoms with Gasteiger partial charge < -0.3 is 9.88 Å². The highest BCUT2D eigenvalue weighted by Gasteiger charge is 2.07. The Morgan fingerprint density at radius 1 is 1.44 bits per heavy atom. The van der Waals surface area contributed by atoms with Crippen LogP contribution in [0, 0.1) is 0 Å². The van der Waals surface area contributed by atoms with Crippen molar-refractivity contribution in [2.24, 2.45) is 0 Å². The van der Waals surface area contributed by atoms with Crippen LogP contribution in [0.15, 0.2) is 41.1 Å². The maximum Gasteiger partial charge on any atom is 0.122 e. The van der Waals surface area contributed by atoms with Crippen molar-refractivity contribution in [3.63, 3.8) is 0 Å². The van der Waals surface area contributed by atoms with Gasteiger partial charge in [-0.1, -0.05) is 28.1 Å². The Kier molecular flexibility index (Phi) is 4.55. The molecule has 0 radical (unpaired) electrons. The standard InChI is InChI=1S/C14H18BrN3/c1-3-18-8-7-16-14(18)10-17-11(2)12-5-4-6-13(15)9-12/h4-9,11,17H,3,10H2,1-2H3/t11-/m0/s1. The summed E-state index contributed by atoms with van der Waals surface area (Å²) in [6.45, 7) is 6.04. The lowest BCUT2D eigenvalue weighted by Crippen LogP contribution is -2.20. The van der Waals surface area contributed by atoms with E-state index in [9.17, 15) is 0 Å². The second-order valence-electron chi connectivity index (χ2n) is 4.29. The lowest BCUT2D eigenvalue weighted by atomic mass is 10.1. The Hall–Kier alpha value is -1.13. The minimum atomic E-state index is 0.310. The van der Waals surface area contributed by atoms with E-state index in [4.69, 9.17) is 0 Å². The van der Waals surface area contributed by atoms with Gasteiger partial charge in [-0.25, -0.2) is 4.98 Å². The van der Waals surface area contributed by atoms with Crippen LogP contribution in [-0.4, -0.2) is 9.55 Å². The number of aromatic nitrogens is 2. The second kappa shape index (κ2) is 6.16. The van der Waals surface area contributed by atoms with Gasteiger partial charge in [0, 0.05) is 29.5 Å². The van der Waals surface area contributed by atoms with Crippen LogP contribution < -0.4 is 5.32 Å².